The molecule has 0 aliphatic rings. The lowest BCUT2D eigenvalue weighted by molar-refractivity contribution is -0.383. The summed E-state index contributed by atoms with van der Waals surface area (Å²) in [5, 5.41) is 11.3. The summed E-state index contributed by atoms with van der Waals surface area (Å²) in [7, 11) is 1.21. The van der Waals surface area contributed by atoms with Gasteiger partial charge in [-0.2, -0.15) is 0 Å². The van der Waals surface area contributed by atoms with E-state index in [0.29, 0.717) is 16.5 Å². The van der Waals surface area contributed by atoms with Crippen LogP contribution in [0, 0.1) is 10.1 Å². The number of nitro benzene ring substituents is 1. The van der Waals surface area contributed by atoms with Gasteiger partial charge in [-0.1, -0.05) is 6.07 Å². The highest BCUT2D eigenvalue weighted by atomic mass is 16.6. The van der Waals surface area contributed by atoms with Crippen molar-refractivity contribution in [3.8, 4) is 0 Å². The van der Waals surface area contributed by atoms with E-state index in [4.69, 9.17) is 5.73 Å². The molecule has 94 valence electrons. The normalized spacial score (nSPS) is 12.3. The van der Waals surface area contributed by atoms with Gasteiger partial charge in [-0.3, -0.25) is 14.9 Å². The number of non-ortho nitro benzene ring substituents is 1. The Bertz CT molecular complexity index is 620. The largest absolute Gasteiger partial charge is 0.468 e. The van der Waals surface area contributed by atoms with Crippen LogP contribution in [0.2, 0.25) is 0 Å². The summed E-state index contributed by atoms with van der Waals surface area (Å²) < 4.78 is 4.54. The van der Waals surface area contributed by atoms with Crippen molar-refractivity contribution in [2.45, 2.75) is 6.04 Å². The fraction of sp³-hybridized carbons (Fsp3) is 0.182. The van der Waals surface area contributed by atoms with Crippen LogP contribution < -0.4 is 5.73 Å². The summed E-state index contributed by atoms with van der Waals surface area (Å²) in [5.74, 6) is -0.644. The lowest BCUT2D eigenvalue weighted by Crippen LogP contribution is -2.22. The number of aromatic nitrogens is 1. The number of nitrogens with one attached hydrogen (secondary N) is 1. The van der Waals surface area contributed by atoms with Crippen molar-refractivity contribution in [1.82, 2.24) is 4.98 Å². The number of aromatic amines is 1. The molecule has 0 saturated heterocycles. The molecule has 0 fully saturated rings. The lowest BCUT2D eigenvalue weighted by Gasteiger charge is -2.07. The van der Waals surface area contributed by atoms with Crippen molar-refractivity contribution in [1.29, 1.82) is 0 Å². The number of fused-ring (bicyclic) bond motifs is 1. The monoisotopic (exact) mass is 249 g/mol. The Morgan fingerprint density at radius 2 is 2.28 bits per heavy atom. The van der Waals surface area contributed by atoms with Crippen LogP contribution in [0.3, 0.4) is 0 Å². The number of carbonyl (C=O) groups is 1. The number of hydrogen-bond acceptors (Lipinski definition) is 5. The molecule has 0 spiro atoms. The van der Waals surface area contributed by atoms with Crippen LogP contribution in [0.15, 0.2) is 24.4 Å². The molecule has 1 aromatic carbocycles. The summed E-state index contributed by atoms with van der Waals surface area (Å²) in [4.78, 5) is 24.7. The maximum atomic E-state index is 11.4. The average Bonchev–Trinajstić information content (AvgIpc) is 2.80. The van der Waals surface area contributed by atoms with Gasteiger partial charge in [0.15, 0.2) is 0 Å². The number of hydrogen-bond donors (Lipinski definition) is 2. The molecule has 18 heavy (non-hydrogen) atoms. The Hall–Kier alpha value is -2.41. The molecule has 1 atom stereocenters. The van der Waals surface area contributed by atoms with E-state index in [1.54, 1.807) is 12.1 Å². The molecule has 7 nitrogen and oxygen atoms in total. The zero-order valence-corrected chi connectivity index (χ0v) is 9.54. The van der Waals surface area contributed by atoms with E-state index in [1.165, 1.54) is 19.4 Å². The maximum Gasteiger partial charge on any atom is 0.327 e. The van der Waals surface area contributed by atoms with E-state index >= 15 is 0 Å². The van der Waals surface area contributed by atoms with E-state index in [1.807, 2.05) is 0 Å². The van der Waals surface area contributed by atoms with Crippen molar-refractivity contribution in [3.63, 3.8) is 0 Å². The lowest BCUT2D eigenvalue weighted by atomic mass is 10.1. The summed E-state index contributed by atoms with van der Waals surface area (Å²) in [5.41, 5.74) is 6.52. The smallest absolute Gasteiger partial charge is 0.327 e. The molecule has 1 unspecified atom stereocenters. The zero-order valence-electron chi connectivity index (χ0n) is 9.54. The average molecular weight is 249 g/mol. The standard InChI is InChI=1S/C11H11N3O4/c1-18-11(15)10(12)6-5-13-7-3-2-4-8(9(6)7)14(16)17/h2-5,10,13H,12H2,1H3. The number of benzene rings is 1. The van der Waals surface area contributed by atoms with E-state index in [9.17, 15) is 14.9 Å². The van der Waals surface area contributed by atoms with Gasteiger partial charge in [0.25, 0.3) is 5.69 Å². The van der Waals surface area contributed by atoms with Crippen molar-refractivity contribution in [3.05, 3.63) is 40.1 Å². The first-order chi connectivity index (χ1) is 8.56. The SMILES string of the molecule is COC(=O)C(N)c1c[nH]c2cccc([N+](=O)[O-])c12. The first-order valence-electron chi connectivity index (χ1n) is 5.14. The fourth-order valence-corrected chi connectivity index (χ4v) is 1.84. The van der Waals surface area contributed by atoms with E-state index in [2.05, 4.69) is 9.72 Å². The minimum absolute atomic E-state index is 0.0943. The summed E-state index contributed by atoms with van der Waals surface area (Å²) in [6, 6.07) is 3.55. The fourth-order valence-electron chi connectivity index (χ4n) is 1.84. The molecule has 2 aromatic rings. The van der Waals surface area contributed by atoms with Crippen LogP contribution in [0.4, 0.5) is 5.69 Å². The van der Waals surface area contributed by atoms with Gasteiger partial charge in [0.05, 0.1) is 22.9 Å². The van der Waals surface area contributed by atoms with Crippen molar-refractivity contribution in [2.24, 2.45) is 5.73 Å². The number of ether oxygens (including phenoxy) is 1. The molecular weight excluding hydrogens is 238 g/mol. The molecule has 7 heteroatoms. The van der Waals surface area contributed by atoms with Crippen LogP contribution in [0.25, 0.3) is 10.9 Å². The van der Waals surface area contributed by atoms with Gasteiger partial charge >= 0.3 is 5.97 Å². The van der Waals surface area contributed by atoms with Crippen molar-refractivity contribution >= 4 is 22.6 Å². The Morgan fingerprint density at radius 1 is 1.56 bits per heavy atom. The third-order valence-corrected chi connectivity index (χ3v) is 2.70. The van der Waals surface area contributed by atoms with Crippen LogP contribution in [0.5, 0.6) is 0 Å². The van der Waals surface area contributed by atoms with Crippen LogP contribution in [-0.2, 0) is 9.53 Å². The van der Waals surface area contributed by atoms with Crippen LogP contribution in [-0.4, -0.2) is 23.0 Å². The third kappa shape index (κ3) is 1.80. The number of nitrogens with two attached hydrogens (primary N) is 1. The molecule has 0 aliphatic carbocycles. The topological polar surface area (TPSA) is 111 Å². The second kappa shape index (κ2) is 4.46. The van der Waals surface area contributed by atoms with Gasteiger partial charge in [0.1, 0.15) is 6.04 Å². The molecule has 1 heterocycles. The highest BCUT2D eigenvalue weighted by molar-refractivity contribution is 5.95. The van der Waals surface area contributed by atoms with Gasteiger partial charge < -0.3 is 15.5 Å². The van der Waals surface area contributed by atoms with Gasteiger partial charge in [-0.25, -0.2) is 0 Å². The summed E-state index contributed by atoms with van der Waals surface area (Å²) in [6.45, 7) is 0. The van der Waals surface area contributed by atoms with Crippen molar-refractivity contribution in [2.75, 3.05) is 7.11 Å². The van der Waals surface area contributed by atoms with Crippen molar-refractivity contribution < 1.29 is 14.5 Å². The number of nitrogens with zero attached hydrogens (tertiary/aromatic N) is 1. The Labute approximate surface area is 102 Å². The van der Waals surface area contributed by atoms with Gasteiger partial charge in [-0.05, 0) is 6.07 Å². The van der Waals surface area contributed by atoms with Gasteiger partial charge in [0, 0.05) is 17.8 Å². The quantitative estimate of drug-likeness (QED) is 0.483. The first-order valence-corrected chi connectivity index (χ1v) is 5.14. The van der Waals surface area contributed by atoms with Crippen LogP contribution in [0.1, 0.15) is 11.6 Å². The molecule has 3 N–H and O–H groups in total. The van der Waals surface area contributed by atoms with E-state index < -0.39 is 16.9 Å². The molecule has 0 bridgehead atoms. The second-order valence-corrected chi connectivity index (χ2v) is 3.70. The maximum absolute atomic E-state index is 11.4. The van der Waals surface area contributed by atoms with E-state index in [-0.39, 0.29) is 5.69 Å². The molecule has 0 saturated carbocycles. The Balaban J connectivity index is 2.65. The predicted octanol–water partition coefficient (Wildman–Crippen LogP) is 1.25. The number of nitro groups is 1. The number of esters is 1. The second-order valence-electron chi connectivity index (χ2n) is 3.70. The van der Waals surface area contributed by atoms with E-state index in [0.717, 1.165) is 0 Å². The van der Waals surface area contributed by atoms with Gasteiger partial charge in [0.2, 0.25) is 0 Å². The highest BCUT2D eigenvalue weighted by Crippen LogP contribution is 2.31. The Morgan fingerprint density at radius 3 is 2.89 bits per heavy atom. The zero-order chi connectivity index (χ0) is 13.3. The minimum Gasteiger partial charge on any atom is -0.468 e. The Kier molecular flexibility index (Phi) is 2.99. The third-order valence-electron chi connectivity index (χ3n) is 2.70. The molecule has 2 rings (SSSR count). The number of methoxy groups -OCH3 is 1. The summed E-state index contributed by atoms with van der Waals surface area (Å²) in [6.07, 6.45) is 1.49. The molecule has 0 amide bonds. The molecule has 1 aromatic heterocycles. The first kappa shape index (κ1) is 12.1. The molecular formula is C11H11N3O4. The minimum atomic E-state index is -1.05. The number of H-pyrrole nitrogens is 1. The van der Waals surface area contributed by atoms with Crippen LogP contribution >= 0.6 is 0 Å². The summed E-state index contributed by atoms with van der Waals surface area (Å²) >= 11 is 0. The molecule has 0 radical (unpaired) electrons. The highest BCUT2D eigenvalue weighted by Gasteiger charge is 2.24. The molecule has 0 aliphatic heterocycles. The number of carbonyl (C=O) groups excluding carboxylic acids is 1. The predicted molar refractivity (Wildman–Crippen MR) is 63.9 cm³/mol. The number of rotatable bonds is 3. The van der Waals surface area contributed by atoms with Gasteiger partial charge in [-0.15, -0.1) is 0 Å².